The minimum Gasteiger partial charge on any atom is -0.383 e. The van der Waals surface area contributed by atoms with Gasteiger partial charge in [0.1, 0.15) is 17.2 Å². The molecule has 1 aromatic heterocycles. The highest BCUT2D eigenvalue weighted by Gasteiger charge is 2.45. The first-order chi connectivity index (χ1) is 13.9. The number of benzene rings is 2. The third kappa shape index (κ3) is 3.48. The summed E-state index contributed by atoms with van der Waals surface area (Å²) in [6.07, 6.45) is 2.73. The number of nitrogens with one attached hydrogen (secondary N) is 1. The Hall–Kier alpha value is -3.57. The van der Waals surface area contributed by atoms with E-state index in [0.717, 1.165) is 6.07 Å². The average molecular weight is 394 g/mol. The number of nitrogens with zero attached hydrogens (tertiary/aromatic N) is 3. The third-order valence-electron chi connectivity index (χ3n) is 5.08. The number of amides is 1. The molecule has 0 bridgehead atoms. The Balaban J connectivity index is 1.58. The number of anilines is 1. The Bertz CT molecular complexity index is 1120. The molecule has 1 aliphatic rings. The maximum atomic E-state index is 14.5. The van der Waals surface area contributed by atoms with Crippen molar-refractivity contribution in [1.29, 1.82) is 5.26 Å². The van der Waals surface area contributed by atoms with Gasteiger partial charge >= 0.3 is 0 Å². The standard InChI is InChI=1S/C21H16F2N4O2/c22-14-2-4-15(5-3-14)26-20(28)9-21(29)8-18(27-12-25-11-19(21)27)16-6-1-13(10-24)7-17(16)23/h1-7,11-12,18,29H,8-9H2,(H,26,28)/t18-,21+/m1/s1. The fourth-order valence-electron chi connectivity index (χ4n) is 3.73. The quantitative estimate of drug-likeness (QED) is 0.711. The van der Waals surface area contributed by atoms with Crippen LogP contribution in [0.2, 0.25) is 0 Å². The van der Waals surface area contributed by atoms with Gasteiger partial charge in [-0.1, -0.05) is 6.07 Å². The van der Waals surface area contributed by atoms with Crippen LogP contribution in [0.4, 0.5) is 14.5 Å². The molecule has 146 valence electrons. The zero-order valence-corrected chi connectivity index (χ0v) is 15.1. The molecule has 1 amide bonds. The second-order valence-electron chi connectivity index (χ2n) is 7.02. The van der Waals surface area contributed by atoms with Crippen molar-refractivity contribution in [2.45, 2.75) is 24.5 Å². The number of hydrogen-bond donors (Lipinski definition) is 2. The first-order valence-corrected chi connectivity index (χ1v) is 8.89. The zero-order valence-electron chi connectivity index (χ0n) is 15.1. The van der Waals surface area contributed by atoms with E-state index in [1.165, 1.54) is 48.9 Å². The molecule has 2 heterocycles. The minimum atomic E-state index is -1.55. The Labute approximate surface area is 165 Å². The van der Waals surface area contributed by atoms with Crippen molar-refractivity contribution in [3.8, 4) is 6.07 Å². The minimum absolute atomic E-state index is 0.0739. The smallest absolute Gasteiger partial charge is 0.227 e. The Morgan fingerprint density at radius 2 is 2.07 bits per heavy atom. The van der Waals surface area contributed by atoms with Crippen LogP contribution in [0.5, 0.6) is 0 Å². The van der Waals surface area contributed by atoms with E-state index in [-0.39, 0.29) is 18.4 Å². The van der Waals surface area contributed by atoms with E-state index in [1.807, 2.05) is 6.07 Å². The van der Waals surface area contributed by atoms with Gasteiger partial charge in [-0.05, 0) is 36.4 Å². The van der Waals surface area contributed by atoms with Crippen LogP contribution in [0, 0.1) is 23.0 Å². The van der Waals surface area contributed by atoms with Crippen LogP contribution in [-0.2, 0) is 10.4 Å². The molecule has 0 saturated carbocycles. The van der Waals surface area contributed by atoms with Crippen LogP contribution >= 0.6 is 0 Å². The van der Waals surface area contributed by atoms with Crippen molar-refractivity contribution >= 4 is 11.6 Å². The van der Waals surface area contributed by atoms with Gasteiger partial charge in [-0.2, -0.15) is 5.26 Å². The number of aliphatic hydroxyl groups is 1. The second-order valence-corrected chi connectivity index (χ2v) is 7.02. The van der Waals surface area contributed by atoms with Gasteiger partial charge in [-0.15, -0.1) is 0 Å². The number of carbonyl (C=O) groups excluding carboxylic acids is 1. The summed E-state index contributed by atoms with van der Waals surface area (Å²) in [5, 5.41) is 22.7. The summed E-state index contributed by atoms with van der Waals surface area (Å²) in [7, 11) is 0. The number of nitriles is 1. The molecule has 6 nitrogen and oxygen atoms in total. The number of halogens is 2. The Morgan fingerprint density at radius 3 is 2.76 bits per heavy atom. The van der Waals surface area contributed by atoms with Crippen LogP contribution in [0.15, 0.2) is 55.0 Å². The van der Waals surface area contributed by atoms with Gasteiger partial charge in [0.2, 0.25) is 5.91 Å². The van der Waals surface area contributed by atoms with Crippen LogP contribution in [0.25, 0.3) is 0 Å². The molecule has 0 unspecified atom stereocenters. The van der Waals surface area contributed by atoms with Crippen molar-refractivity contribution in [1.82, 2.24) is 9.55 Å². The van der Waals surface area contributed by atoms with Gasteiger partial charge in [-0.25, -0.2) is 13.8 Å². The van der Waals surface area contributed by atoms with Crippen molar-refractivity contribution < 1.29 is 18.7 Å². The van der Waals surface area contributed by atoms with E-state index in [1.54, 1.807) is 4.57 Å². The van der Waals surface area contributed by atoms with E-state index in [0.29, 0.717) is 16.9 Å². The summed E-state index contributed by atoms with van der Waals surface area (Å²) in [5.74, 6) is -1.45. The van der Waals surface area contributed by atoms with Gasteiger partial charge < -0.3 is 15.0 Å². The molecule has 1 aliphatic heterocycles. The molecule has 8 heteroatoms. The monoisotopic (exact) mass is 394 g/mol. The number of aromatic nitrogens is 2. The predicted molar refractivity (Wildman–Crippen MR) is 99.6 cm³/mol. The number of imidazole rings is 1. The Morgan fingerprint density at radius 1 is 1.31 bits per heavy atom. The Kier molecular flexibility index (Phi) is 4.60. The molecular formula is C21H16F2N4O2. The molecule has 0 aliphatic carbocycles. The lowest BCUT2D eigenvalue weighted by atomic mass is 9.90. The van der Waals surface area contributed by atoms with Crippen LogP contribution in [0.3, 0.4) is 0 Å². The number of hydrogen-bond acceptors (Lipinski definition) is 4. The van der Waals surface area contributed by atoms with Gasteiger partial charge in [0.25, 0.3) is 0 Å². The molecule has 2 atom stereocenters. The van der Waals surface area contributed by atoms with Crippen molar-refractivity contribution in [2.75, 3.05) is 5.32 Å². The van der Waals surface area contributed by atoms with E-state index >= 15 is 0 Å². The normalized spacial score (nSPS) is 20.1. The van der Waals surface area contributed by atoms with Crippen molar-refractivity contribution in [3.05, 3.63) is 83.4 Å². The van der Waals surface area contributed by atoms with Gasteiger partial charge in [0.05, 0.1) is 42.3 Å². The molecule has 0 fully saturated rings. The average Bonchev–Trinajstić information content (AvgIpc) is 3.27. The summed E-state index contributed by atoms with van der Waals surface area (Å²) >= 11 is 0. The molecule has 2 N–H and O–H groups in total. The second kappa shape index (κ2) is 7.11. The van der Waals surface area contributed by atoms with Crippen LogP contribution in [0.1, 0.15) is 35.7 Å². The van der Waals surface area contributed by atoms with Gasteiger partial charge in [0.15, 0.2) is 0 Å². The highest BCUT2D eigenvalue weighted by Crippen LogP contribution is 2.45. The number of carbonyl (C=O) groups is 1. The SMILES string of the molecule is N#Cc1ccc([C@H]2C[C@](O)(CC(=O)Nc3ccc(F)cc3)c3cncn32)c(F)c1. The fourth-order valence-corrected chi connectivity index (χ4v) is 3.73. The number of rotatable bonds is 4. The van der Waals surface area contributed by atoms with E-state index in [9.17, 15) is 18.7 Å². The zero-order chi connectivity index (χ0) is 20.6. The van der Waals surface area contributed by atoms with Crippen LogP contribution < -0.4 is 5.32 Å². The maximum Gasteiger partial charge on any atom is 0.227 e. The molecule has 3 aromatic rings. The largest absolute Gasteiger partial charge is 0.383 e. The summed E-state index contributed by atoms with van der Waals surface area (Å²) in [6.45, 7) is 0. The first-order valence-electron chi connectivity index (χ1n) is 8.89. The molecule has 2 aromatic carbocycles. The van der Waals surface area contributed by atoms with Gasteiger partial charge in [0, 0.05) is 17.7 Å². The van der Waals surface area contributed by atoms with Crippen molar-refractivity contribution in [3.63, 3.8) is 0 Å². The summed E-state index contributed by atoms with van der Waals surface area (Å²) in [6, 6.07) is 10.8. The van der Waals surface area contributed by atoms with E-state index in [4.69, 9.17) is 5.26 Å². The molecular weight excluding hydrogens is 378 g/mol. The molecule has 0 saturated heterocycles. The summed E-state index contributed by atoms with van der Waals surface area (Å²) in [4.78, 5) is 16.5. The molecule has 4 rings (SSSR count). The molecule has 0 spiro atoms. The first kappa shape index (κ1) is 18.8. The lowest BCUT2D eigenvalue weighted by molar-refractivity contribution is -0.121. The lowest BCUT2D eigenvalue weighted by Crippen LogP contribution is -2.29. The third-order valence-corrected chi connectivity index (χ3v) is 5.08. The van der Waals surface area contributed by atoms with E-state index < -0.39 is 29.2 Å². The molecule has 0 radical (unpaired) electrons. The topological polar surface area (TPSA) is 90.9 Å². The molecule has 29 heavy (non-hydrogen) atoms. The summed E-state index contributed by atoms with van der Waals surface area (Å²) in [5.41, 5.74) is -0.241. The summed E-state index contributed by atoms with van der Waals surface area (Å²) < 4.78 is 29.2. The lowest BCUT2D eigenvalue weighted by Gasteiger charge is -2.22. The fraction of sp³-hybridized carbons (Fsp3) is 0.190. The highest BCUT2D eigenvalue weighted by molar-refractivity contribution is 5.91. The highest BCUT2D eigenvalue weighted by atomic mass is 19.1. The maximum absolute atomic E-state index is 14.5. The van der Waals surface area contributed by atoms with E-state index in [2.05, 4.69) is 10.3 Å². The van der Waals surface area contributed by atoms with Crippen LogP contribution in [-0.4, -0.2) is 20.6 Å². The predicted octanol–water partition coefficient (Wildman–Crippen LogP) is 3.24. The van der Waals surface area contributed by atoms with Gasteiger partial charge in [-0.3, -0.25) is 4.79 Å². The van der Waals surface area contributed by atoms with Crippen molar-refractivity contribution in [2.24, 2.45) is 0 Å². The number of fused-ring (bicyclic) bond motifs is 1.